The zero-order valence-electron chi connectivity index (χ0n) is 15.0. The van der Waals surface area contributed by atoms with Crippen molar-refractivity contribution >= 4 is 24.3 Å². The van der Waals surface area contributed by atoms with Crippen LogP contribution in [0, 0.1) is 0 Å². The molecule has 1 aromatic rings. The smallest absolute Gasteiger partial charge is 0.321 e. The highest BCUT2D eigenvalue weighted by Gasteiger charge is 2.32. The van der Waals surface area contributed by atoms with Gasteiger partial charge in [-0.25, -0.2) is 4.79 Å². The Hall–Kier alpha value is -1.63. The molecule has 0 unspecified atom stereocenters. The second-order valence-corrected chi connectivity index (χ2v) is 7.23. The van der Waals surface area contributed by atoms with Crippen molar-refractivity contribution in [1.29, 1.82) is 0 Å². The fourth-order valence-electron chi connectivity index (χ4n) is 3.93. The Morgan fingerprint density at radius 2 is 1.77 bits per heavy atom. The van der Waals surface area contributed by atoms with Gasteiger partial charge in [-0.1, -0.05) is 49.6 Å². The molecule has 3 amide bonds. The summed E-state index contributed by atoms with van der Waals surface area (Å²) in [6.07, 6.45) is 5.52. The maximum atomic E-state index is 12.1. The van der Waals surface area contributed by atoms with E-state index in [0.717, 1.165) is 32.2 Å². The van der Waals surface area contributed by atoms with Crippen LogP contribution < -0.4 is 16.4 Å². The molecule has 2 fully saturated rings. The first-order valence-electron chi connectivity index (χ1n) is 9.25. The Bertz CT molecular complexity index is 592. The van der Waals surface area contributed by atoms with Crippen molar-refractivity contribution in [2.24, 2.45) is 5.73 Å². The van der Waals surface area contributed by atoms with E-state index < -0.39 is 0 Å². The molecule has 7 heteroatoms. The van der Waals surface area contributed by atoms with Crippen LogP contribution in [0.2, 0.25) is 0 Å². The summed E-state index contributed by atoms with van der Waals surface area (Å²) in [6, 6.07) is 9.98. The number of amides is 3. The summed E-state index contributed by atoms with van der Waals surface area (Å²) in [5.41, 5.74) is 7.45. The van der Waals surface area contributed by atoms with E-state index in [1.807, 2.05) is 23.1 Å². The van der Waals surface area contributed by atoms with Crippen LogP contribution in [0.15, 0.2) is 30.3 Å². The third-order valence-corrected chi connectivity index (χ3v) is 5.23. The predicted molar refractivity (Wildman–Crippen MR) is 104 cm³/mol. The second kappa shape index (κ2) is 9.90. The minimum absolute atomic E-state index is 0. The number of benzene rings is 1. The van der Waals surface area contributed by atoms with Gasteiger partial charge in [0.15, 0.2) is 0 Å². The van der Waals surface area contributed by atoms with Gasteiger partial charge in [0, 0.05) is 31.1 Å². The van der Waals surface area contributed by atoms with Gasteiger partial charge in [0.25, 0.3) is 0 Å². The zero-order valence-corrected chi connectivity index (χ0v) is 15.8. The average Bonchev–Trinajstić information content (AvgIpc) is 2.96. The van der Waals surface area contributed by atoms with Crippen LogP contribution in [-0.4, -0.2) is 48.6 Å². The first kappa shape index (κ1) is 20.7. The standard InChI is InChI=1S/C19H28N4O2.ClH/c20-17-12-23(11-16(17)14-7-3-1-4-8-14)13-18(24)22-19(25)21-15-9-5-2-6-10-15;/h1,3-4,7-8,15-17H,2,5-6,9-13,20H2,(H2,21,22,24,25);1H/t16-,17+;/m0./s1. The highest BCUT2D eigenvalue weighted by atomic mass is 35.5. The summed E-state index contributed by atoms with van der Waals surface area (Å²) in [5, 5.41) is 5.36. The Labute approximate surface area is 161 Å². The van der Waals surface area contributed by atoms with Crippen molar-refractivity contribution in [1.82, 2.24) is 15.5 Å². The number of carbonyl (C=O) groups excluding carboxylic acids is 2. The minimum Gasteiger partial charge on any atom is -0.335 e. The molecule has 1 aromatic carbocycles. The first-order chi connectivity index (χ1) is 12.1. The molecule has 4 N–H and O–H groups in total. The van der Waals surface area contributed by atoms with Gasteiger partial charge in [-0.2, -0.15) is 0 Å². The summed E-state index contributed by atoms with van der Waals surface area (Å²) in [7, 11) is 0. The molecule has 1 aliphatic heterocycles. The lowest BCUT2D eigenvalue weighted by molar-refractivity contribution is -0.120. The SMILES string of the molecule is Cl.N[C@@H]1CN(CC(=O)NC(=O)NC2CCCCC2)C[C@H]1c1ccccc1. The van der Waals surface area contributed by atoms with E-state index >= 15 is 0 Å². The number of carbonyl (C=O) groups is 2. The molecule has 1 saturated carbocycles. The molecule has 2 aliphatic rings. The molecule has 2 atom stereocenters. The molecule has 26 heavy (non-hydrogen) atoms. The summed E-state index contributed by atoms with van der Waals surface area (Å²) >= 11 is 0. The lowest BCUT2D eigenvalue weighted by Gasteiger charge is -2.23. The van der Waals surface area contributed by atoms with Gasteiger partial charge in [0.2, 0.25) is 5.91 Å². The second-order valence-electron chi connectivity index (χ2n) is 7.23. The van der Waals surface area contributed by atoms with Crippen molar-refractivity contribution in [2.75, 3.05) is 19.6 Å². The van der Waals surface area contributed by atoms with E-state index in [4.69, 9.17) is 5.73 Å². The summed E-state index contributed by atoms with van der Waals surface area (Å²) in [5.74, 6) is -0.0423. The third-order valence-electron chi connectivity index (χ3n) is 5.23. The Kier molecular flexibility index (Phi) is 7.87. The van der Waals surface area contributed by atoms with E-state index in [2.05, 4.69) is 22.8 Å². The highest BCUT2D eigenvalue weighted by molar-refractivity contribution is 5.95. The van der Waals surface area contributed by atoms with Crippen molar-refractivity contribution in [3.63, 3.8) is 0 Å². The molecule has 3 rings (SSSR count). The van der Waals surface area contributed by atoms with Crippen molar-refractivity contribution in [3.05, 3.63) is 35.9 Å². The summed E-state index contributed by atoms with van der Waals surface area (Å²) < 4.78 is 0. The fraction of sp³-hybridized carbons (Fsp3) is 0.579. The van der Waals surface area contributed by atoms with Crippen LogP contribution in [0.3, 0.4) is 0 Å². The number of nitrogens with one attached hydrogen (secondary N) is 2. The van der Waals surface area contributed by atoms with Gasteiger partial charge in [0.05, 0.1) is 6.54 Å². The van der Waals surface area contributed by atoms with Crippen LogP contribution in [0.1, 0.15) is 43.6 Å². The number of halogens is 1. The molecular weight excluding hydrogens is 352 g/mol. The maximum Gasteiger partial charge on any atom is 0.321 e. The Balaban J connectivity index is 0.00000243. The topological polar surface area (TPSA) is 87.5 Å². The van der Waals surface area contributed by atoms with Crippen LogP contribution in [0.5, 0.6) is 0 Å². The predicted octanol–water partition coefficient (Wildman–Crippen LogP) is 1.99. The largest absolute Gasteiger partial charge is 0.335 e. The number of imide groups is 1. The third kappa shape index (κ3) is 5.69. The van der Waals surface area contributed by atoms with Crippen molar-refractivity contribution in [2.45, 2.75) is 50.1 Å². The molecule has 1 heterocycles. The van der Waals surface area contributed by atoms with Gasteiger partial charge < -0.3 is 11.1 Å². The number of rotatable bonds is 4. The molecule has 1 saturated heterocycles. The lowest BCUT2D eigenvalue weighted by Crippen LogP contribution is -2.48. The molecule has 144 valence electrons. The number of hydrogen-bond donors (Lipinski definition) is 3. The normalized spacial score (nSPS) is 23.9. The summed E-state index contributed by atoms with van der Waals surface area (Å²) in [4.78, 5) is 26.1. The first-order valence-corrected chi connectivity index (χ1v) is 9.25. The quantitative estimate of drug-likeness (QED) is 0.745. The van der Waals surface area contributed by atoms with Gasteiger partial charge in [-0.3, -0.25) is 15.0 Å². The lowest BCUT2D eigenvalue weighted by atomic mass is 9.95. The van der Waals surface area contributed by atoms with E-state index in [0.29, 0.717) is 6.54 Å². The minimum atomic E-state index is -0.375. The number of urea groups is 1. The van der Waals surface area contributed by atoms with Gasteiger partial charge in [-0.15, -0.1) is 12.4 Å². The van der Waals surface area contributed by atoms with Crippen LogP contribution in [-0.2, 0) is 4.79 Å². The van der Waals surface area contributed by atoms with E-state index in [1.165, 1.54) is 12.0 Å². The average molecular weight is 381 g/mol. The number of nitrogens with two attached hydrogens (primary N) is 1. The van der Waals surface area contributed by atoms with E-state index in [1.54, 1.807) is 0 Å². The van der Waals surface area contributed by atoms with Crippen molar-refractivity contribution < 1.29 is 9.59 Å². The zero-order chi connectivity index (χ0) is 17.6. The highest BCUT2D eigenvalue weighted by Crippen LogP contribution is 2.25. The monoisotopic (exact) mass is 380 g/mol. The maximum absolute atomic E-state index is 12.1. The van der Waals surface area contributed by atoms with Gasteiger partial charge in [-0.05, 0) is 18.4 Å². The molecule has 0 bridgehead atoms. The Morgan fingerprint density at radius 1 is 1.08 bits per heavy atom. The van der Waals surface area contributed by atoms with Gasteiger partial charge in [0.1, 0.15) is 0 Å². The molecular formula is C19H29ClN4O2. The number of hydrogen-bond acceptors (Lipinski definition) is 4. The number of nitrogens with zero attached hydrogens (tertiary/aromatic N) is 1. The summed E-state index contributed by atoms with van der Waals surface area (Å²) in [6.45, 7) is 1.61. The fourth-order valence-corrected chi connectivity index (χ4v) is 3.93. The van der Waals surface area contributed by atoms with Crippen molar-refractivity contribution in [3.8, 4) is 0 Å². The Morgan fingerprint density at radius 3 is 2.46 bits per heavy atom. The molecule has 0 spiro atoms. The molecule has 0 radical (unpaired) electrons. The van der Waals surface area contributed by atoms with E-state index in [9.17, 15) is 9.59 Å². The molecule has 1 aliphatic carbocycles. The molecule has 6 nitrogen and oxygen atoms in total. The van der Waals surface area contributed by atoms with Crippen LogP contribution >= 0.6 is 12.4 Å². The number of likely N-dealkylation sites (tertiary alicyclic amines) is 1. The van der Waals surface area contributed by atoms with Crippen LogP contribution in [0.4, 0.5) is 4.79 Å². The molecule has 0 aromatic heterocycles. The van der Waals surface area contributed by atoms with E-state index in [-0.39, 0.29) is 48.9 Å². The van der Waals surface area contributed by atoms with Gasteiger partial charge >= 0.3 is 6.03 Å². The van der Waals surface area contributed by atoms with Crippen LogP contribution in [0.25, 0.3) is 0 Å².